The first-order valence-electron chi connectivity index (χ1n) is 6.02. The van der Waals surface area contributed by atoms with Gasteiger partial charge in [0, 0.05) is 7.11 Å². The monoisotopic (exact) mass is 229 g/mol. The first-order chi connectivity index (χ1) is 7.62. The summed E-state index contributed by atoms with van der Waals surface area (Å²) in [6.07, 6.45) is 2.83. The fourth-order valence-corrected chi connectivity index (χ4v) is 2.35. The summed E-state index contributed by atoms with van der Waals surface area (Å²) in [5.74, 6) is -0.131. The highest BCUT2D eigenvalue weighted by molar-refractivity contribution is 5.70. The molecule has 1 saturated heterocycles. The molecular weight excluding hydrogens is 206 g/mol. The number of methoxy groups -OCH3 is 1. The van der Waals surface area contributed by atoms with Gasteiger partial charge >= 0.3 is 5.97 Å². The third kappa shape index (κ3) is 3.46. The number of likely N-dealkylation sites (tertiary alicyclic amines) is 1. The quantitative estimate of drug-likeness (QED) is 0.646. The van der Waals surface area contributed by atoms with Crippen LogP contribution >= 0.6 is 0 Å². The highest BCUT2D eigenvalue weighted by atomic mass is 16.5. The molecule has 0 spiro atoms. The van der Waals surface area contributed by atoms with Gasteiger partial charge < -0.3 is 9.47 Å². The molecule has 1 atom stereocenters. The lowest BCUT2D eigenvalue weighted by atomic mass is 9.97. The van der Waals surface area contributed by atoms with E-state index in [4.69, 9.17) is 9.47 Å². The number of hydrogen-bond acceptors (Lipinski definition) is 4. The van der Waals surface area contributed by atoms with Crippen LogP contribution in [-0.2, 0) is 14.3 Å². The number of ether oxygens (including phenoxy) is 2. The molecule has 4 nitrogen and oxygen atoms in total. The van der Waals surface area contributed by atoms with Crippen LogP contribution in [0.3, 0.4) is 0 Å². The Balaban J connectivity index is 2.59. The van der Waals surface area contributed by atoms with Crippen LogP contribution in [0.4, 0.5) is 0 Å². The van der Waals surface area contributed by atoms with Crippen molar-refractivity contribution in [1.29, 1.82) is 0 Å². The molecule has 0 N–H and O–H groups in total. The van der Waals surface area contributed by atoms with Crippen molar-refractivity contribution >= 4 is 5.97 Å². The molecular formula is C12H23NO3. The number of nitrogens with zero attached hydrogens (tertiary/aromatic N) is 1. The number of rotatable bonds is 6. The molecule has 1 fully saturated rings. The Morgan fingerprint density at radius 3 is 2.50 bits per heavy atom. The molecule has 1 aliphatic rings. The van der Waals surface area contributed by atoms with Crippen molar-refractivity contribution in [2.24, 2.45) is 0 Å². The molecule has 0 radical (unpaired) electrons. The number of esters is 1. The normalized spacial score (nSPS) is 20.7. The second-order valence-electron chi connectivity index (χ2n) is 4.61. The van der Waals surface area contributed by atoms with E-state index in [2.05, 4.69) is 11.8 Å². The van der Waals surface area contributed by atoms with E-state index in [-0.39, 0.29) is 11.5 Å². The minimum atomic E-state index is -0.211. The fraction of sp³-hybridized carbons (Fsp3) is 0.917. The second-order valence-corrected chi connectivity index (χ2v) is 4.61. The minimum absolute atomic E-state index is 0.131. The van der Waals surface area contributed by atoms with Crippen LogP contribution in [0.1, 0.15) is 33.1 Å². The molecule has 16 heavy (non-hydrogen) atoms. The zero-order valence-electron chi connectivity index (χ0n) is 10.6. The molecule has 94 valence electrons. The lowest BCUT2D eigenvalue weighted by Crippen LogP contribution is -2.49. The van der Waals surface area contributed by atoms with Crippen molar-refractivity contribution < 1.29 is 14.3 Å². The molecule has 0 saturated carbocycles. The molecule has 1 heterocycles. The van der Waals surface area contributed by atoms with Crippen LogP contribution in [0.15, 0.2) is 0 Å². The van der Waals surface area contributed by atoms with Gasteiger partial charge in [-0.05, 0) is 39.8 Å². The van der Waals surface area contributed by atoms with Gasteiger partial charge in [-0.1, -0.05) is 0 Å². The first-order valence-corrected chi connectivity index (χ1v) is 6.02. The average molecular weight is 229 g/mol. The topological polar surface area (TPSA) is 38.8 Å². The van der Waals surface area contributed by atoms with E-state index >= 15 is 0 Å². The molecule has 0 aromatic heterocycles. The maximum atomic E-state index is 11.6. The summed E-state index contributed by atoms with van der Waals surface area (Å²) in [5.41, 5.74) is -0.211. The smallest absolute Gasteiger partial charge is 0.307 e. The Hall–Kier alpha value is -0.610. The van der Waals surface area contributed by atoms with Crippen molar-refractivity contribution in [3.63, 3.8) is 0 Å². The zero-order chi connectivity index (χ0) is 12.0. The number of carbonyl (C=O) groups is 1. The Kier molecular flexibility index (Phi) is 5.22. The Morgan fingerprint density at radius 1 is 1.38 bits per heavy atom. The maximum absolute atomic E-state index is 11.6. The molecule has 0 aromatic rings. The average Bonchev–Trinajstić information content (AvgIpc) is 2.71. The Morgan fingerprint density at radius 2 is 2.00 bits per heavy atom. The van der Waals surface area contributed by atoms with E-state index in [1.54, 1.807) is 7.11 Å². The molecule has 1 aliphatic heterocycles. The summed E-state index contributed by atoms with van der Waals surface area (Å²) in [6.45, 7) is 7.05. The third-order valence-corrected chi connectivity index (χ3v) is 3.16. The summed E-state index contributed by atoms with van der Waals surface area (Å²) in [7, 11) is 1.68. The highest BCUT2D eigenvalue weighted by Gasteiger charge is 2.36. The van der Waals surface area contributed by atoms with Crippen LogP contribution < -0.4 is 0 Å². The van der Waals surface area contributed by atoms with Crippen LogP contribution in [0.5, 0.6) is 0 Å². The minimum Gasteiger partial charge on any atom is -0.466 e. The molecule has 0 bridgehead atoms. The van der Waals surface area contributed by atoms with E-state index in [0.29, 0.717) is 19.6 Å². The van der Waals surface area contributed by atoms with Crippen molar-refractivity contribution in [3.05, 3.63) is 0 Å². The number of hydrogen-bond donors (Lipinski definition) is 0. The van der Waals surface area contributed by atoms with Crippen LogP contribution in [0.2, 0.25) is 0 Å². The van der Waals surface area contributed by atoms with E-state index in [0.717, 1.165) is 13.1 Å². The largest absolute Gasteiger partial charge is 0.466 e. The van der Waals surface area contributed by atoms with Crippen molar-refractivity contribution in [1.82, 2.24) is 4.90 Å². The molecule has 1 unspecified atom stereocenters. The van der Waals surface area contributed by atoms with Gasteiger partial charge in [0.2, 0.25) is 0 Å². The summed E-state index contributed by atoms with van der Waals surface area (Å²) < 4.78 is 10.3. The SMILES string of the molecule is CCOC(=O)CC(C)(COC)N1CCCC1. The van der Waals surface area contributed by atoms with Gasteiger partial charge in [0.15, 0.2) is 0 Å². The zero-order valence-corrected chi connectivity index (χ0v) is 10.6. The van der Waals surface area contributed by atoms with Gasteiger partial charge in [0.1, 0.15) is 0 Å². The Labute approximate surface area is 97.9 Å². The van der Waals surface area contributed by atoms with Crippen molar-refractivity contribution in [2.75, 3.05) is 33.4 Å². The molecule has 0 aliphatic carbocycles. The van der Waals surface area contributed by atoms with Gasteiger partial charge in [-0.3, -0.25) is 9.69 Å². The number of carbonyl (C=O) groups excluding carboxylic acids is 1. The van der Waals surface area contributed by atoms with Crippen LogP contribution in [-0.4, -0.2) is 49.8 Å². The third-order valence-electron chi connectivity index (χ3n) is 3.16. The molecule has 0 aromatic carbocycles. The van der Waals surface area contributed by atoms with Gasteiger partial charge in [0.25, 0.3) is 0 Å². The summed E-state index contributed by atoms with van der Waals surface area (Å²) >= 11 is 0. The summed E-state index contributed by atoms with van der Waals surface area (Å²) in [4.78, 5) is 13.9. The van der Waals surface area contributed by atoms with E-state index in [9.17, 15) is 4.79 Å². The summed E-state index contributed by atoms with van der Waals surface area (Å²) in [5, 5.41) is 0. The van der Waals surface area contributed by atoms with Gasteiger partial charge in [-0.15, -0.1) is 0 Å². The highest BCUT2D eigenvalue weighted by Crippen LogP contribution is 2.25. The standard InChI is InChI=1S/C12H23NO3/c1-4-16-11(14)9-12(2,10-15-3)13-7-5-6-8-13/h4-10H2,1-3H3. The fourth-order valence-electron chi connectivity index (χ4n) is 2.35. The maximum Gasteiger partial charge on any atom is 0.307 e. The van der Waals surface area contributed by atoms with Gasteiger partial charge in [-0.2, -0.15) is 0 Å². The van der Waals surface area contributed by atoms with E-state index < -0.39 is 0 Å². The van der Waals surface area contributed by atoms with Crippen LogP contribution in [0.25, 0.3) is 0 Å². The van der Waals surface area contributed by atoms with Crippen LogP contribution in [0, 0.1) is 0 Å². The second kappa shape index (κ2) is 6.21. The van der Waals surface area contributed by atoms with E-state index in [1.807, 2.05) is 6.92 Å². The van der Waals surface area contributed by atoms with Crippen molar-refractivity contribution in [2.45, 2.75) is 38.6 Å². The molecule has 0 amide bonds. The van der Waals surface area contributed by atoms with Crippen molar-refractivity contribution in [3.8, 4) is 0 Å². The predicted molar refractivity (Wildman–Crippen MR) is 62.3 cm³/mol. The summed E-state index contributed by atoms with van der Waals surface area (Å²) in [6, 6.07) is 0. The molecule has 4 heteroatoms. The first kappa shape index (κ1) is 13.5. The predicted octanol–water partition coefficient (Wildman–Crippen LogP) is 1.44. The lowest BCUT2D eigenvalue weighted by molar-refractivity contribution is -0.147. The van der Waals surface area contributed by atoms with Gasteiger partial charge in [0.05, 0.1) is 25.2 Å². The lowest BCUT2D eigenvalue weighted by Gasteiger charge is -2.37. The van der Waals surface area contributed by atoms with E-state index in [1.165, 1.54) is 12.8 Å². The molecule has 1 rings (SSSR count). The Bertz CT molecular complexity index is 226. The van der Waals surface area contributed by atoms with Gasteiger partial charge in [-0.25, -0.2) is 0 Å².